The number of carbonyl (C=O) groups excluding carboxylic acids is 2. The number of aliphatic carboxylic acids is 1. The van der Waals surface area contributed by atoms with E-state index in [1.165, 1.54) is 0 Å². The van der Waals surface area contributed by atoms with E-state index in [0.717, 1.165) is 12.8 Å². The van der Waals surface area contributed by atoms with E-state index in [4.69, 9.17) is 5.11 Å². The highest BCUT2D eigenvalue weighted by Gasteiger charge is 2.37. The number of carboxylic acids is 1. The largest absolute Gasteiger partial charge is 0.481 e. The Kier molecular flexibility index (Phi) is 5.03. The zero-order valence-electron chi connectivity index (χ0n) is 12.3. The summed E-state index contributed by atoms with van der Waals surface area (Å²) in [5, 5.41) is 14.7. The van der Waals surface area contributed by atoms with Crippen molar-refractivity contribution in [2.45, 2.75) is 51.1 Å². The van der Waals surface area contributed by atoms with Gasteiger partial charge in [-0.15, -0.1) is 0 Å². The molecule has 2 aliphatic rings. The molecule has 1 aliphatic carbocycles. The first-order valence-corrected chi connectivity index (χ1v) is 7.55. The monoisotopic (exact) mass is 297 g/mol. The van der Waals surface area contributed by atoms with Gasteiger partial charge in [0.25, 0.3) is 0 Å². The second kappa shape index (κ2) is 6.78. The number of likely N-dealkylation sites (tertiary alicyclic amines) is 1. The lowest BCUT2D eigenvalue weighted by molar-refractivity contribution is -0.142. The van der Waals surface area contributed by atoms with Crippen molar-refractivity contribution in [1.82, 2.24) is 15.5 Å². The molecule has 118 valence electrons. The van der Waals surface area contributed by atoms with Crippen molar-refractivity contribution >= 4 is 17.9 Å². The minimum absolute atomic E-state index is 0.0345. The fraction of sp³-hybridized carbons (Fsp3) is 0.786. The normalized spacial score (nSPS) is 24.7. The van der Waals surface area contributed by atoms with Crippen LogP contribution in [0.2, 0.25) is 0 Å². The van der Waals surface area contributed by atoms with Crippen LogP contribution in [0.5, 0.6) is 0 Å². The van der Waals surface area contributed by atoms with E-state index in [9.17, 15) is 14.4 Å². The van der Waals surface area contributed by atoms with Crippen molar-refractivity contribution in [2.75, 3.05) is 13.1 Å². The second-order valence-corrected chi connectivity index (χ2v) is 5.84. The SMILES string of the molecule is CC1C(C(=O)O)CCN1C(=O)NCCCC(=O)NC1CC1. The molecule has 0 aromatic carbocycles. The molecule has 1 saturated heterocycles. The van der Waals surface area contributed by atoms with Gasteiger partial charge in [0.1, 0.15) is 0 Å². The molecule has 0 bridgehead atoms. The van der Waals surface area contributed by atoms with Crippen LogP contribution in [0, 0.1) is 5.92 Å². The van der Waals surface area contributed by atoms with Crippen LogP contribution in [-0.2, 0) is 9.59 Å². The first-order chi connectivity index (χ1) is 9.99. The second-order valence-electron chi connectivity index (χ2n) is 5.84. The number of hydrogen-bond acceptors (Lipinski definition) is 3. The molecular weight excluding hydrogens is 274 g/mol. The molecule has 0 aromatic rings. The van der Waals surface area contributed by atoms with E-state index in [1.54, 1.807) is 11.8 Å². The molecule has 2 atom stereocenters. The summed E-state index contributed by atoms with van der Waals surface area (Å²) in [4.78, 5) is 36.0. The average Bonchev–Trinajstić information content (AvgIpc) is 3.14. The van der Waals surface area contributed by atoms with Gasteiger partial charge in [0.2, 0.25) is 5.91 Å². The van der Waals surface area contributed by atoms with Crippen molar-refractivity contribution < 1.29 is 19.5 Å². The summed E-state index contributed by atoms with van der Waals surface area (Å²) in [6.07, 6.45) is 3.63. The van der Waals surface area contributed by atoms with Gasteiger partial charge in [-0.3, -0.25) is 9.59 Å². The van der Waals surface area contributed by atoms with Crippen molar-refractivity contribution in [3.8, 4) is 0 Å². The van der Waals surface area contributed by atoms with Crippen molar-refractivity contribution in [3.63, 3.8) is 0 Å². The van der Waals surface area contributed by atoms with E-state index >= 15 is 0 Å². The summed E-state index contributed by atoms with van der Waals surface area (Å²) in [6.45, 7) is 2.65. The van der Waals surface area contributed by atoms with Crippen LogP contribution in [0.25, 0.3) is 0 Å². The van der Waals surface area contributed by atoms with Gasteiger partial charge in [-0.2, -0.15) is 0 Å². The fourth-order valence-electron chi connectivity index (χ4n) is 2.63. The predicted molar refractivity (Wildman–Crippen MR) is 75.7 cm³/mol. The van der Waals surface area contributed by atoms with Crippen LogP contribution >= 0.6 is 0 Å². The Morgan fingerprint density at radius 2 is 1.95 bits per heavy atom. The Bertz CT molecular complexity index is 422. The maximum absolute atomic E-state index is 12.0. The highest BCUT2D eigenvalue weighted by molar-refractivity contribution is 5.78. The smallest absolute Gasteiger partial charge is 0.317 e. The van der Waals surface area contributed by atoms with Crippen molar-refractivity contribution in [2.24, 2.45) is 5.92 Å². The maximum atomic E-state index is 12.0. The molecule has 2 rings (SSSR count). The van der Waals surface area contributed by atoms with E-state index in [0.29, 0.717) is 38.4 Å². The molecule has 7 nitrogen and oxygen atoms in total. The number of carbonyl (C=O) groups is 3. The third-order valence-electron chi connectivity index (χ3n) is 4.13. The van der Waals surface area contributed by atoms with Crippen LogP contribution in [0.4, 0.5) is 4.79 Å². The molecule has 0 spiro atoms. The van der Waals surface area contributed by atoms with Crippen molar-refractivity contribution in [3.05, 3.63) is 0 Å². The van der Waals surface area contributed by atoms with Gasteiger partial charge >= 0.3 is 12.0 Å². The van der Waals surface area contributed by atoms with Crippen LogP contribution in [0.3, 0.4) is 0 Å². The van der Waals surface area contributed by atoms with E-state index in [-0.39, 0.29) is 18.0 Å². The average molecular weight is 297 g/mol. The molecule has 3 amide bonds. The third-order valence-corrected chi connectivity index (χ3v) is 4.13. The number of nitrogens with one attached hydrogen (secondary N) is 2. The zero-order valence-corrected chi connectivity index (χ0v) is 12.3. The van der Waals surface area contributed by atoms with Gasteiger partial charge in [-0.1, -0.05) is 0 Å². The minimum Gasteiger partial charge on any atom is -0.481 e. The van der Waals surface area contributed by atoms with E-state index in [1.807, 2.05) is 0 Å². The first kappa shape index (κ1) is 15.6. The molecule has 2 fully saturated rings. The Balaban J connectivity index is 1.63. The lowest BCUT2D eigenvalue weighted by Crippen LogP contribution is -2.44. The van der Waals surface area contributed by atoms with E-state index < -0.39 is 11.9 Å². The summed E-state index contributed by atoms with van der Waals surface area (Å²) in [5.41, 5.74) is 0. The molecular formula is C14H23N3O4. The fourth-order valence-corrected chi connectivity index (χ4v) is 2.63. The number of carboxylic acid groups (broad SMARTS) is 1. The molecule has 2 unspecified atom stereocenters. The summed E-state index contributed by atoms with van der Waals surface area (Å²) in [7, 11) is 0. The summed E-state index contributed by atoms with van der Waals surface area (Å²) < 4.78 is 0. The molecule has 1 heterocycles. The Hall–Kier alpha value is -1.79. The first-order valence-electron chi connectivity index (χ1n) is 7.55. The Morgan fingerprint density at radius 3 is 2.52 bits per heavy atom. The highest BCUT2D eigenvalue weighted by Crippen LogP contribution is 2.24. The highest BCUT2D eigenvalue weighted by atomic mass is 16.4. The van der Waals surface area contributed by atoms with Crippen LogP contribution in [0.1, 0.15) is 39.0 Å². The quantitative estimate of drug-likeness (QED) is 0.623. The van der Waals surface area contributed by atoms with Gasteiger partial charge in [0.15, 0.2) is 0 Å². The summed E-state index contributed by atoms with van der Waals surface area (Å²) >= 11 is 0. The lowest BCUT2D eigenvalue weighted by atomic mass is 10.0. The Labute approximate surface area is 124 Å². The minimum atomic E-state index is -0.852. The molecule has 7 heteroatoms. The number of urea groups is 1. The maximum Gasteiger partial charge on any atom is 0.317 e. The number of hydrogen-bond donors (Lipinski definition) is 3. The van der Waals surface area contributed by atoms with Crippen LogP contribution < -0.4 is 10.6 Å². The van der Waals surface area contributed by atoms with Gasteiger partial charge < -0.3 is 20.6 Å². The standard InChI is InChI=1S/C14H23N3O4/c1-9-11(13(19)20)6-8-17(9)14(21)15-7-2-3-12(18)16-10-4-5-10/h9-11H,2-8H2,1H3,(H,15,21)(H,16,18)(H,19,20). The molecule has 3 N–H and O–H groups in total. The number of amides is 3. The topological polar surface area (TPSA) is 98.7 Å². The summed E-state index contributed by atoms with van der Waals surface area (Å²) in [6, 6.07) is -0.167. The molecule has 1 saturated carbocycles. The van der Waals surface area contributed by atoms with Gasteiger partial charge in [0.05, 0.1) is 5.92 Å². The van der Waals surface area contributed by atoms with E-state index in [2.05, 4.69) is 10.6 Å². The van der Waals surface area contributed by atoms with Crippen LogP contribution in [-0.4, -0.2) is 53.1 Å². The predicted octanol–water partition coefficient (Wildman–Crippen LogP) is 0.550. The number of nitrogens with zero attached hydrogens (tertiary/aromatic N) is 1. The molecule has 0 radical (unpaired) electrons. The molecule has 1 aliphatic heterocycles. The Morgan fingerprint density at radius 1 is 1.24 bits per heavy atom. The molecule has 21 heavy (non-hydrogen) atoms. The van der Waals surface area contributed by atoms with Gasteiger partial charge in [-0.25, -0.2) is 4.79 Å². The van der Waals surface area contributed by atoms with Crippen LogP contribution in [0.15, 0.2) is 0 Å². The third kappa shape index (κ3) is 4.34. The zero-order chi connectivity index (χ0) is 15.4. The lowest BCUT2D eigenvalue weighted by Gasteiger charge is -2.23. The molecule has 0 aromatic heterocycles. The van der Waals surface area contributed by atoms with Gasteiger partial charge in [-0.05, 0) is 32.6 Å². The van der Waals surface area contributed by atoms with Gasteiger partial charge in [0, 0.05) is 31.6 Å². The summed E-state index contributed by atoms with van der Waals surface area (Å²) in [5.74, 6) is -1.30. The number of rotatable bonds is 6. The van der Waals surface area contributed by atoms with Crippen molar-refractivity contribution in [1.29, 1.82) is 0 Å².